The molecule has 0 aromatic carbocycles. The van der Waals surface area contributed by atoms with Crippen LogP contribution >= 0.6 is 0 Å². The molecule has 1 aromatic heterocycles. The molecule has 0 saturated carbocycles. The minimum absolute atomic E-state index is 0.00324. The number of carbonyl (C=O) groups excluding carboxylic acids is 3. The maximum Gasteiger partial charge on any atom is 0.306 e. The fraction of sp³-hybridized carbons (Fsp3) is 0.684. The van der Waals surface area contributed by atoms with Crippen molar-refractivity contribution in [3.8, 4) is 0 Å². The molecule has 1 aliphatic heterocycles. The van der Waals surface area contributed by atoms with E-state index in [-0.39, 0.29) is 37.8 Å². The third-order valence-electron chi connectivity index (χ3n) is 4.44. The molecular formula is C19H30N4O6. The van der Waals surface area contributed by atoms with Crippen molar-refractivity contribution in [3.05, 3.63) is 11.8 Å². The van der Waals surface area contributed by atoms with Crippen LogP contribution < -0.4 is 5.32 Å². The summed E-state index contributed by atoms with van der Waals surface area (Å²) in [6, 6.07) is 1.60. The van der Waals surface area contributed by atoms with Gasteiger partial charge < -0.3 is 24.2 Å². The first-order valence-corrected chi connectivity index (χ1v) is 9.94. The molecule has 1 fully saturated rings. The van der Waals surface area contributed by atoms with E-state index in [9.17, 15) is 14.4 Å². The molecule has 0 spiro atoms. The minimum atomic E-state index is -0.420. The zero-order valence-corrected chi connectivity index (χ0v) is 17.1. The van der Waals surface area contributed by atoms with Crippen LogP contribution in [0.1, 0.15) is 31.9 Å². The van der Waals surface area contributed by atoms with Crippen molar-refractivity contribution < 1.29 is 28.4 Å². The molecule has 0 aliphatic carbocycles. The fourth-order valence-electron chi connectivity index (χ4n) is 2.98. The maximum atomic E-state index is 12.6. The summed E-state index contributed by atoms with van der Waals surface area (Å²) in [5.41, 5.74) is 0. The molecule has 29 heavy (non-hydrogen) atoms. The van der Waals surface area contributed by atoms with Crippen LogP contribution in [0.4, 0.5) is 5.82 Å². The van der Waals surface area contributed by atoms with Crippen LogP contribution in [0, 0.1) is 6.92 Å². The number of amides is 2. The predicted octanol–water partition coefficient (Wildman–Crippen LogP) is 0.816. The average Bonchev–Trinajstić information content (AvgIpc) is 3.11. The van der Waals surface area contributed by atoms with Gasteiger partial charge in [-0.1, -0.05) is 5.16 Å². The summed E-state index contributed by atoms with van der Waals surface area (Å²) in [4.78, 5) is 40.2. The highest BCUT2D eigenvalue weighted by molar-refractivity contribution is 5.94. The van der Waals surface area contributed by atoms with Gasteiger partial charge >= 0.3 is 5.97 Å². The number of nitrogens with zero attached hydrogens (tertiary/aromatic N) is 3. The lowest BCUT2D eigenvalue weighted by molar-refractivity contribution is -0.145. The largest absolute Gasteiger partial charge is 0.466 e. The van der Waals surface area contributed by atoms with E-state index in [4.69, 9.17) is 14.0 Å². The molecule has 2 heterocycles. The highest BCUT2D eigenvalue weighted by atomic mass is 16.5. The van der Waals surface area contributed by atoms with E-state index in [1.54, 1.807) is 19.9 Å². The highest BCUT2D eigenvalue weighted by Gasteiger charge is 2.20. The molecule has 1 aromatic rings. The van der Waals surface area contributed by atoms with E-state index in [1.165, 1.54) is 4.90 Å². The first-order chi connectivity index (χ1) is 14.0. The van der Waals surface area contributed by atoms with Gasteiger partial charge in [0.2, 0.25) is 11.8 Å². The van der Waals surface area contributed by atoms with Gasteiger partial charge in [0.25, 0.3) is 0 Å². The van der Waals surface area contributed by atoms with E-state index >= 15 is 0 Å². The van der Waals surface area contributed by atoms with Crippen LogP contribution in [0.25, 0.3) is 0 Å². The lowest BCUT2D eigenvalue weighted by Gasteiger charge is -2.28. The van der Waals surface area contributed by atoms with Crippen LogP contribution in [0.2, 0.25) is 0 Å². The first-order valence-electron chi connectivity index (χ1n) is 9.94. The summed E-state index contributed by atoms with van der Waals surface area (Å²) in [6.07, 6.45) is 0.727. The molecule has 0 radical (unpaired) electrons. The van der Waals surface area contributed by atoms with Crippen molar-refractivity contribution in [2.24, 2.45) is 0 Å². The van der Waals surface area contributed by atoms with E-state index in [0.717, 1.165) is 26.1 Å². The van der Waals surface area contributed by atoms with Gasteiger partial charge in [0.05, 0.1) is 32.8 Å². The second kappa shape index (κ2) is 12.2. The van der Waals surface area contributed by atoms with Crippen molar-refractivity contribution in [1.29, 1.82) is 0 Å². The minimum Gasteiger partial charge on any atom is -0.466 e. The number of aryl methyl sites for hydroxylation is 1. The van der Waals surface area contributed by atoms with Gasteiger partial charge in [-0.15, -0.1) is 0 Å². The van der Waals surface area contributed by atoms with Crippen molar-refractivity contribution in [2.45, 2.75) is 33.1 Å². The van der Waals surface area contributed by atoms with Crippen LogP contribution in [-0.4, -0.2) is 85.3 Å². The molecule has 0 unspecified atom stereocenters. The molecule has 1 aliphatic rings. The Labute approximate surface area is 170 Å². The van der Waals surface area contributed by atoms with Crippen LogP contribution in [0.5, 0.6) is 0 Å². The second-order valence-electron chi connectivity index (χ2n) is 6.80. The number of esters is 1. The second-order valence-corrected chi connectivity index (χ2v) is 6.80. The van der Waals surface area contributed by atoms with E-state index in [2.05, 4.69) is 15.4 Å². The molecule has 2 rings (SSSR count). The lowest BCUT2D eigenvalue weighted by Crippen LogP contribution is -2.41. The van der Waals surface area contributed by atoms with Gasteiger partial charge in [-0.2, -0.15) is 0 Å². The number of aromatic nitrogens is 1. The Kier molecular flexibility index (Phi) is 9.58. The Bertz CT molecular complexity index is 671. The highest BCUT2D eigenvalue weighted by Crippen LogP contribution is 2.08. The maximum absolute atomic E-state index is 12.6. The molecule has 0 atom stereocenters. The quantitative estimate of drug-likeness (QED) is 0.533. The molecule has 10 nitrogen and oxygen atoms in total. The molecule has 0 bridgehead atoms. The molecule has 1 saturated heterocycles. The average molecular weight is 410 g/mol. The van der Waals surface area contributed by atoms with Crippen molar-refractivity contribution >= 4 is 23.6 Å². The SMILES string of the molecule is CCOC(=O)CCC(=O)N(CCCN1CCOCC1)CC(=O)Nc1cc(C)on1. The van der Waals surface area contributed by atoms with Crippen molar-refractivity contribution in [1.82, 2.24) is 15.0 Å². The molecule has 10 heteroatoms. The van der Waals surface area contributed by atoms with Gasteiger partial charge in [-0.3, -0.25) is 19.3 Å². The summed E-state index contributed by atoms with van der Waals surface area (Å²) in [7, 11) is 0. The number of anilines is 1. The number of nitrogens with one attached hydrogen (secondary N) is 1. The summed E-state index contributed by atoms with van der Waals surface area (Å²) in [6.45, 7) is 7.98. The first kappa shape index (κ1) is 22.8. The third-order valence-corrected chi connectivity index (χ3v) is 4.44. The van der Waals surface area contributed by atoms with Gasteiger partial charge in [-0.05, 0) is 20.3 Å². The zero-order valence-electron chi connectivity index (χ0n) is 17.1. The van der Waals surface area contributed by atoms with Gasteiger partial charge in [0, 0.05) is 38.7 Å². The van der Waals surface area contributed by atoms with Crippen LogP contribution in [0.15, 0.2) is 10.6 Å². The van der Waals surface area contributed by atoms with Crippen molar-refractivity contribution in [3.63, 3.8) is 0 Å². The summed E-state index contributed by atoms with van der Waals surface area (Å²) < 4.78 is 15.1. The normalized spacial score (nSPS) is 14.4. The van der Waals surface area contributed by atoms with Gasteiger partial charge in [0.1, 0.15) is 5.76 Å². The van der Waals surface area contributed by atoms with E-state index in [1.807, 2.05) is 0 Å². The number of rotatable bonds is 11. The summed E-state index contributed by atoms with van der Waals surface area (Å²) in [5, 5.41) is 6.34. The van der Waals surface area contributed by atoms with Crippen molar-refractivity contribution in [2.75, 3.05) is 57.9 Å². The topological polar surface area (TPSA) is 114 Å². The van der Waals surface area contributed by atoms with E-state index < -0.39 is 5.97 Å². The predicted molar refractivity (Wildman–Crippen MR) is 104 cm³/mol. The summed E-state index contributed by atoms with van der Waals surface area (Å²) >= 11 is 0. The Morgan fingerprint density at radius 1 is 1.28 bits per heavy atom. The third kappa shape index (κ3) is 8.61. The number of carbonyl (C=O) groups is 3. The number of hydrogen-bond donors (Lipinski definition) is 1. The van der Waals surface area contributed by atoms with Gasteiger partial charge in [-0.25, -0.2) is 0 Å². The Morgan fingerprint density at radius 3 is 2.69 bits per heavy atom. The van der Waals surface area contributed by atoms with Gasteiger partial charge in [0.15, 0.2) is 5.82 Å². The fourth-order valence-corrected chi connectivity index (χ4v) is 2.98. The van der Waals surface area contributed by atoms with Crippen LogP contribution in [0.3, 0.4) is 0 Å². The molecule has 2 amide bonds. The lowest BCUT2D eigenvalue weighted by atomic mass is 10.2. The molecular weight excluding hydrogens is 380 g/mol. The molecule has 162 valence electrons. The number of ether oxygens (including phenoxy) is 2. The Hall–Kier alpha value is -2.46. The Balaban J connectivity index is 1.86. The van der Waals surface area contributed by atoms with E-state index in [0.29, 0.717) is 31.3 Å². The smallest absolute Gasteiger partial charge is 0.306 e. The standard InChI is InChI=1S/C19H30N4O6/c1-3-28-19(26)6-5-18(25)23(8-4-7-22-9-11-27-12-10-22)14-17(24)20-16-13-15(2)29-21-16/h13H,3-12,14H2,1-2H3,(H,20,21,24). The van der Waals surface area contributed by atoms with Crippen LogP contribution in [-0.2, 0) is 23.9 Å². The molecule has 1 N–H and O–H groups in total. The summed E-state index contributed by atoms with van der Waals surface area (Å²) in [5.74, 6) is -0.162. The number of morpholine rings is 1. The zero-order chi connectivity index (χ0) is 21.1. The number of hydrogen-bond acceptors (Lipinski definition) is 8. The Morgan fingerprint density at radius 2 is 2.03 bits per heavy atom. The monoisotopic (exact) mass is 410 g/mol.